The normalized spacial score (nSPS) is 16.6. The highest BCUT2D eigenvalue weighted by atomic mass is 16.4. The van der Waals surface area contributed by atoms with Crippen LogP contribution in [0.25, 0.3) is 0 Å². The van der Waals surface area contributed by atoms with Crippen molar-refractivity contribution < 1.29 is 9.90 Å². The highest BCUT2D eigenvalue weighted by molar-refractivity contribution is 5.93. The fraction of sp³-hybridized carbons (Fsp3) is 0.538. The van der Waals surface area contributed by atoms with Gasteiger partial charge in [0.25, 0.3) is 0 Å². The molecule has 2 rings (SSSR count). The van der Waals surface area contributed by atoms with E-state index >= 15 is 0 Å². The molecule has 0 amide bonds. The molecule has 4 nitrogen and oxygen atoms in total. The van der Waals surface area contributed by atoms with Gasteiger partial charge in [0.2, 0.25) is 0 Å². The van der Waals surface area contributed by atoms with Crippen LogP contribution in [0.5, 0.6) is 0 Å². The van der Waals surface area contributed by atoms with Crippen molar-refractivity contribution in [3.8, 4) is 0 Å². The number of anilines is 1. The van der Waals surface area contributed by atoms with Gasteiger partial charge in [-0.3, -0.25) is 0 Å². The van der Waals surface area contributed by atoms with Crippen LogP contribution >= 0.6 is 0 Å². The van der Waals surface area contributed by atoms with E-state index in [1.807, 2.05) is 6.92 Å². The summed E-state index contributed by atoms with van der Waals surface area (Å²) in [5, 5.41) is 12.3. The van der Waals surface area contributed by atoms with Crippen molar-refractivity contribution in [2.75, 3.05) is 5.32 Å². The predicted molar refractivity (Wildman–Crippen MR) is 66.4 cm³/mol. The monoisotopic (exact) mass is 234 g/mol. The Morgan fingerprint density at radius 3 is 2.88 bits per heavy atom. The number of aromatic carboxylic acids is 1. The third kappa shape index (κ3) is 3.19. The Bertz CT molecular complexity index is 427. The minimum atomic E-state index is -0.932. The zero-order valence-electron chi connectivity index (χ0n) is 10.2. The molecule has 17 heavy (non-hydrogen) atoms. The number of hydrogen-bond donors (Lipinski definition) is 2. The van der Waals surface area contributed by atoms with E-state index in [1.54, 1.807) is 12.1 Å². The second-order valence-corrected chi connectivity index (χ2v) is 4.88. The first-order chi connectivity index (χ1) is 8.06. The van der Waals surface area contributed by atoms with Gasteiger partial charge in [0.1, 0.15) is 11.4 Å². The van der Waals surface area contributed by atoms with Crippen LogP contribution < -0.4 is 5.32 Å². The Balaban J connectivity index is 2.11. The number of nitrogens with one attached hydrogen (secondary N) is 1. The molecule has 0 saturated heterocycles. The number of pyridine rings is 1. The highest BCUT2D eigenvalue weighted by Crippen LogP contribution is 2.34. The number of aromatic nitrogens is 1. The van der Waals surface area contributed by atoms with Crippen molar-refractivity contribution in [2.24, 2.45) is 5.92 Å². The van der Waals surface area contributed by atoms with Gasteiger partial charge in [-0.15, -0.1) is 0 Å². The number of rotatable bonds is 5. The van der Waals surface area contributed by atoms with Gasteiger partial charge in [-0.1, -0.05) is 12.8 Å². The summed E-state index contributed by atoms with van der Waals surface area (Å²) in [5.41, 5.74) is 1.08. The lowest BCUT2D eigenvalue weighted by molar-refractivity contribution is 0.0697. The summed E-state index contributed by atoms with van der Waals surface area (Å²) in [6, 6.07) is 3.60. The van der Waals surface area contributed by atoms with E-state index in [9.17, 15) is 4.79 Å². The first kappa shape index (κ1) is 11.9. The van der Waals surface area contributed by atoms with E-state index in [0.717, 1.165) is 18.0 Å². The quantitative estimate of drug-likeness (QED) is 0.822. The van der Waals surface area contributed by atoms with Gasteiger partial charge in [0, 0.05) is 11.7 Å². The van der Waals surface area contributed by atoms with E-state index in [1.165, 1.54) is 12.8 Å². The van der Waals surface area contributed by atoms with Crippen molar-refractivity contribution in [1.82, 2.24) is 4.98 Å². The minimum absolute atomic E-state index is 0.248. The van der Waals surface area contributed by atoms with Crippen molar-refractivity contribution in [3.05, 3.63) is 23.4 Å². The first-order valence-corrected chi connectivity index (χ1v) is 6.03. The van der Waals surface area contributed by atoms with Gasteiger partial charge in [-0.2, -0.15) is 0 Å². The van der Waals surface area contributed by atoms with Crippen molar-refractivity contribution in [3.63, 3.8) is 0 Å². The number of carbonyl (C=O) groups is 1. The Kier molecular flexibility index (Phi) is 3.31. The van der Waals surface area contributed by atoms with Crippen LogP contribution in [0.4, 0.5) is 5.82 Å². The van der Waals surface area contributed by atoms with Crippen LogP contribution in [0.15, 0.2) is 12.1 Å². The van der Waals surface area contributed by atoms with Gasteiger partial charge in [-0.25, -0.2) is 9.78 Å². The lowest BCUT2D eigenvalue weighted by Crippen LogP contribution is -2.19. The number of carboxylic acids is 1. The van der Waals surface area contributed by atoms with E-state index < -0.39 is 5.97 Å². The van der Waals surface area contributed by atoms with Crippen LogP contribution in [0.2, 0.25) is 0 Å². The van der Waals surface area contributed by atoms with E-state index in [-0.39, 0.29) is 11.6 Å². The molecule has 0 radical (unpaired) electrons. The maximum absolute atomic E-state index is 11.1. The number of hydrogen-bond acceptors (Lipinski definition) is 3. The predicted octanol–water partition coefficient (Wildman–Crippen LogP) is 2.69. The van der Waals surface area contributed by atoms with Gasteiger partial charge in [0.05, 0.1) is 0 Å². The molecule has 1 aliphatic carbocycles. The molecule has 1 heterocycles. The maximum Gasteiger partial charge on any atom is 0.339 e. The third-order valence-corrected chi connectivity index (χ3v) is 3.03. The van der Waals surface area contributed by atoms with Crippen LogP contribution in [-0.2, 0) is 0 Å². The lowest BCUT2D eigenvalue weighted by atomic mass is 10.1. The fourth-order valence-corrected chi connectivity index (χ4v) is 1.99. The van der Waals surface area contributed by atoms with E-state index in [0.29, 0.717) is 5.82 Å². The molecular weight excluding hydrogens is 216 g/mol. The summed E-state index contributed by atoms with van der Waals surface area (Å²) in [7, 11) is 0. The molecule has 0 aromatic carbocycles. The minimum Gasteiger partial charge on any atom is -0.478 e. The first-order valence-electron chi connectivity index (χ1n) is 6.03. The lowest BCUT2D eigenvalue weighted by Gasteiger charge is -2.16. The Morgan fingerprint density at radius 2 is 2.29 bits per heavy atom. The van der Waals surface area contributed by atoms with Gasteiger partial charge in [0.15, 0.2) is 0 Å². The summed E-state index contributed by atoms with van der Waals surface area (Å²) in [6.07, 6.45) is 3.70. The summed E-state index contributed by atoms with van der Waals surface area (Å²) in [6.45, 7) is 3.94. The van der Waals surface area contributed by atoms with Crippen LogP contribution in [0, 0.1) is 12.8 Å². The van der Waals surface area contributed by atoms with Crippen molar-refractivity contribution in [1.29, 1.82) is 0 Å². The molecule has 1 aliphatic rings. The molecule has 0 spiro atoms. The second-order valence-electron chi connectivity index (χ2n) is 4.88. The summed E-state index contributed by atoms with van der Waals surface area (Å²) in [5.74, 6) is 0.375. The van der Waals surface area contributed by atoms with Gasteiger partial charge < -0.3 is 10.4 Å². The summed E-state index contributed by atoms with van der Waals surface area (Å²) < 4.78 is 0. The largest absolute Gasteiger partial charge is 0.478 e. The molecule has 1 atom stereocenters. The van der Waals surface area contributed by atoms with Crippen molar-refractivity contribution in [2.45, 2.75) is 39.2 Å². The molecule has 1 unspecified atom stereocenters. The molecule has 0 aliphatic heterocycles. The van der Waals surface area contributed by atoms with Crippen LogP contribution in [-0.4, -0.2) is 22.1 Å². The summed E-state index contributed by atoms with van der Waals surface area (Å²) >= 11 is 0. The maximum atomic E-state index is 11.1. The smallest absolute Gasteiger partial charge is 0.339 e. The zero-order valence-corrected chi connectivity index (χ0v) is 10.2. The Hall–Kier alpha value is -1.58. The third-order valence-electron chi connectivity index (χ3n) is 3.03. The molecule has 2 N–H and O–H groups in total. The average molecular weight is 234 g/mol. The van der Waals surface area contributed by atoms with E-state index in [2.05, 4.69) is 17.2 Å². The van der Waals surface area contributed by atoms with Crippen LogP contribution in [0.3, 0.4) is 0 Å². The number of carboxylic acid groups (broad SMARTS) is 1. The van der Waals surface area contributed by atoms with Crippen molar-refractivity contribution >= 4 is 11.8 Å². The standard InChI is InChI=1S/C13H18N2O2/c1-8-3-6-11(13(16)17)12(14-8)15-9(2)7-10-4-5-10/h3,6,9-10H,4-5,7H2,1-2H3,(H,14,15)(H,16,17). The SMILES string of the molecule is Cc1ccc(C(=O)O)c(NC(C)CC2CC2)n1. The zero-order chi connectivity index (χ0) is 12.4. The molecule has 0 bridgehead atoms. The number of nitrogens with zero attached hydrogens (tertiary/aromatic N) is 1. The molecule has 4 heteroatoms. The van der Waals surface area contributed by atoms with Gasteiger partial charge >= 0.3 is 5.97 Å². The summed E-state index contributed by atoms with van der Waals surface area (Å²) in [4.78, 5) is 15.3. The Labute approximate surface area is 101 Å². The highest BCUT2D eigenvalue weighted by Gasteiger charge is 2.24. The average Bonchev–Trinajstić information content (AvgIpc) is 3.00. The molecule has 1 aromatic heterocycles. The molecule has 1 fully saturated rings. The fourth-order valence-electron chi connectivity index (χ4n) is 1.99. The molecule has 1 aromatic rings. The topological polar surface area (TPSA) is 62.2 Å². The molecular formula is C13H18N2O2. The number of aryl methyl sites for hydroxylation is 1. The van der Waals surface area contributed by atoms with E-state index in [4.69, 9.17) is 5.11 Å². The van der Waals surface area contributed by atoms with Gasteiger partial charge in [-0.05, 0) is 38.3 Å². The molecule has 1 saturated carbocycles. The second kappa shape index (κ2) is 4.73. The van der Waals surface area contributed by atoms with Crippen LogP contribution in [0.1, 0.15) is 42.2 Å². The molecule has 92 valence electrons. The Morgan fingerprint density at radius 1 is 1.59 bits per heavy atom.